The van der Waals surface area contributed by atoms with Crippen molar-refractivity contribution in [2.75, 3.05) is 16.8 Å². The predicted octanol–water partition coefficient (Wildman–Crippen LogP) is 3.57. The molecule has 0 aliphatic carbocycles. The van der Waals surface area contributed by atoms with Crippen LogP contribution in [0.3, 0.4) is 0 Å². The Labute approximate surface area is 168 Å². The van der Waals surface area contributed by atoms with Crippen LogP contribution in [-0.4, -0.2) is 30.4 Å². The monoisotopic (exact) mass is 400 g/mol. The minimum Gasteiger partial charge on any atom is -0.452 e. The Morgan fingerprint density at radius 1 is 1.21 bits per heavy atom. The Balaban J connectivity index is 1.57. The van der Waals surface area contributed by atoms with Crippen molar-refractivity contribution >= 4 is 40.8 Å². The van der Waals surface area contributed by atoms with E-state index in [2.05, 4.69) is 5.32 Å². The second-order valence-electron chi connectivity index (χ2n) is 6.82. The molecular weight excluding hydrogens is 380 g/mol. The molecule has 28 heavy (non-hydrogen) atoms. The molecular formula is C21H21ClN2O4. The highest BCUT2D eigenvalue weighted by Gasteiger charge is 2.37. The number of hydrogen-bond acceptors (Lipinski definition) is 4. The highest BCUT2D eigenvalue weighted by atomic mass is 35.5. The molecule has 0 unspecified atom stereocenters. The van der Waals surface area contributed by atoms with E-state index in [1.165, 1.54) is 6.92 Å². The summed E-state index contributed by atoms with van der Waals surface area (Å²) in [5.74, 6) is -1.76. The summed E-state index contributed by atoms with van der Waals surface area (Å²) >= 11 is 5.89. The van der Waals surface area contributed by atoms with E-state index < -0.39 is 23.9 Å². The van der Waals surface area contributed by atoms with E-state index in [1.54, 1.807) is 29.2 Å². The Morgan fingerprint density at radius 2 is 1.93 bits per heavy atom. The Bertz CT molecular complexity index is 898. The Hall–Kier alpha value is -2.86. The zero-order valence-corrected chi connectivity index (χ0v) is 16.4. The summed E-state index contributed by atoms with van der Waals surface area (Å²) in [6.45, 7) is 3.70. The van der Waals surface area contributed by atoms with Gasteiger partial charge in [-0.1, -0.05) is 35.4 Å². The molecule has 2 atom stereocenters. The molecule has 2 aromatic rings. The SMILES string of the molecule is Cc1ccc(N2C[C@@H](C(=O)O[C@H](C)C(=O)Nc3cccc(Cl)c3)CC2=O)cc1. The van der Waals surface area contributed by atoms with Gasteiger partial charge in [0.15, 0.2) is 6.10 Å². The van der Waals surface area contributed by atoms with E-state index in [-0.39, 0.29) is 18.9 Å². The number of benzene rings is 2. The third-order valence-electron chi connectivity index (χ3n) is 4.56. The van der Waals surface area contributed by atoms with Crippen LogP contribution < -0.4 is 10.2 Å². The molecule has 7 heteroatoms. The Morgan fingerprint density at radius 3 is 2.61 bits per heavy atom. The molecule has 1 saturated heterocycles. The normalized spacial score (nSPS) is 17.3. The van der Waals surface area contributed by atoms with E-state index in [4.69, 9.17) is 16.3 Å². The molecule has 3 rings (SSSR count). The molecule has 0 aromatic heterocycles. The minimum atomic E-state index is -0.991. The number of carbonyl (C=O) groups is 3. The minimum absolute atomic E-state index is 0.0648. The first-order valence-electron chi connectivity index (χ1n) is 8.97. The lowest BCUT2D eigenvalue weighted by atomic mass is 10.1. The van der Waals surface area contributed by atoms with Crippen molar-refractivity contribution in [2.45, 2.75) is 26.4 Å². The van der Waals surface area contributed by atoms with E-state index >= 15 is 0 Å². The maximum absolute atomic E-state index is 12.4. The third-order valence-corrected chi connectivity index (χ3v) is 4.79. The van der Waals surface area contributed by atoms with Crippen LogP contribution >= 0.6 is 11.6 Å². The predicted molar refractivity (Wildman–Crippen MR) is 107 cm³/mol. The van der Waals surface area contributed by atoms with Crippen LogP contribution in [0.4, 0.5) is 11.4 Å². The molecule has 146 valence electrons. The summed E-state index contributed by atoms with van der Waals surface area (Å²) in [5, 5.41) is 3.14. The van der Waals surface area contributed by atoms with Gasteiger partial charge in [-0.05, 0) is 44.2 Å². The van der Waals surface area contributed by atoms with Gasteiger partial charge in [-0.3, -0.25) is 14.4 Å². The zero-order chi connectivity index (χ0) is 20.3. The van der Waals surface area contributed by atoms with Gasteiger partial charge in [-0.25, -0.2) is 0 Å². The summed E-state index contributed by atoms with van der Waals surface area (Å²) in [7, 11) is 0. The van der Waals surface area contributed by atoms with E-state index in [0.717, 1.165) is 11.3 Å². The van der Waals surface area contributed by atoms with Crippen molar-refractivity contribution in [2.24, 2.45) is 5.92 Å². The molecule has 1 heterocycles. The van der Waals surface area contributed by atoms with E-state index in [0.29, 0.717) is 10.7 Å². The number of halogens is 1. The number of nitrogens with one attached hydrogen (secondary N) is 1. The highest BCUT2D eigenvalue weighted by molar-refractivity contribution is 6.30. The fourth-order valence-electron chi connectivity index (χ4n) is 2.97. The maximum atomic E-state index is 12.4. The molecule has 0 bridgehead atoms. The second-order valence-corrected chi connectivity index (χ2v) is 7.26. The summed E-state index contributed by atoms with van der Waals surface area (Å²) in [5.41, 5.74) is 2.35. The van der Waals surface area contributed by atoms with Gasteiger partial charge in [0.1, 0.15) is 0 Å². The smallest absolute Gasteiger partial charge is 0.312 e. The first kappa shape index (κ1) is 19.9. The van der Waals surface area contributed by atoms with Gasteiger partial charge in [0.2, 0.25) is 5.91 Å². The largest absolute Gasteiger partial charge is 0.452 e. The quantitative estimate of drug-likeness (QED) is 0.778. The molecule has 0 spiro atoms. The number of anilines is 2. The van der Waals surface area contributed by atoms with Crippen molar-refractivity contribution in [1.29, 1.82) is 0 Å². The van der Waals surface area contributed by atoms with Crippen LogP contribution in [0.25, 0.3) is 0 Å². The summed E-state index contributed by atoms with van der Waals surface area (Å²) in [4.78, 5) is 38.6. The fraction of sp³-hybridized carbons (Fsp3) is 0.286. The topological polar surface area (TPSA) is 75.7 Å². The van der Waals surface area contributed by atoms with Crippen molar-refractivity contribution in [3.05, 3.63) is 59.1 Å². The number of nitrogens with zero attached hydrogens (tertiary/aromatic N) is 1. The lowest BCUT2D eigenvalue weighted by Crippen LogP contribution is -2.33. The van der Waals surface area contributed by atoms with Crippen molar-refractivity contribution in [3.63, 3.8) is 0 Å². The van der Waals surface area contributed by atoms with Crippen LogP contribution in [0.1, 0.15) is 18.9 Å². The van der Waals surface area contributed by atoms with Crippen LogP contribution in [0, 0.1) is 12.8 Å². The Kier molecular flexibility index (Phi) is 5.99. The number of carbonyl (C=O) groups excluding carboxylic acids is 3. The van der Waals surface area contributed by atoms with Crippen LogP contribution in [0.2, 0.25) is 5.02 Å². The lowest BCUT2D eigenvalue weighted by molar-refractivity contribution is -0.157. The molecule has 1 aliphatic rings. The first-order chi connectivity index (χ1) is 13.3. The maximum Gasteiger partial charge on any atom is 0.312 e. The average molecular weight is 401 g/mol. The number of aryl methyl sites for hydroxylation is 1. The lowest BCUT2D eigenvalue weighted by Gasteiger charge is -2.18. The molecule has 0 radical (unpaired) electrons. The van der Waals surface area contributed by atoms with Gasteiger partial charge < -0.3 is 15.0 Å². The molecule has 1 N–H and O–H groups in total. The van der Waals surface area contributed by atoms with Gasteiger partial charge >= 0.3 is 5.97 Å². The van der Waals surface area contributed by atoms with Crippen molar-refractivity contribution in [3.8, 4) is 0 Å². The summed E-state index contributed by atoms with van der Waals surface area (Å²) in [6, 6.07) is 14.2. The number of amides is 2. The van der Waals surface area contributed by atoms with Gasteiger partial charge in [0.25, 0.3) is 5.91 Å². The van der Waals surface area contributed by atoms with Crippen LogP contribution in [0.5, 0.6) is 0 Å². The molecule has 2 aromatic carbocycles. The standard InChI is InChI=1S/C21H21ClN2O4/c1-13-6-8-18(9-7-13)24-12-15(10-19(24)25)21(27)28-14(2)20(26)23-17-5-3-4-16(22)11-17/h3-9,11,14-15H,10,12H2,1-2H3,(H,23,26)/t14-,15+/m1/s1. The number of rotatable bonds is 5. The number of hydrogen-bond donors (Lipinski definition) is 1. The first-order valence-corrected chi connectivity index (χ1v) is 9.35. The molecule has 1 fully saturated rings. The summed E-state index contributed by atoms with van der Waals surface area (Å²) < 4.78 is 5.29. The van der Waals surface area contributed by atoms with Crippen LogP contribution in [0.15, 0.2) is 48.5 Å². The summed E-state index contributed by atoms with van der Waals surface area (Å²) in [6.07, 6.45) is -0.926. The molecule has 6 nitrogen and oxygen atoms in total. The molecule has 0 saturated carbocycles. The zero-order valence-electron chi connectivity index (χ0n) is 15.6. The fourth-order valence-corrected chi connectivity index (χ4v) is 3.16. The van der Waals surface area contributed by atoms with Gasteiger partial charge in [-0.2, -0.15) is 0 Å². The van der Waals surface area contributed by atoms with E-state index in [1.807, 2.05) is 31.2 Å². The van der Waals surface area contributed by atoms with Gasteiger partial charge in [-0.15, -0.1) is 0 Å². The molecule has 1 aliphatic heterocycles. The number of esters is 1. The second kappa shape index (κ2) is 8.44. The molecule has 2 amide bonds. The van der Waals surface area contributed by atoms with Crippen LogP contribution in [-0.2, 0) is 19.1 Å². The third kappa shape index (κ3) is 4.70. The average Bonchev–Trinajstić information content (AvgIpc) is 3.04. The van der Waals surface area contributed by atoms with Crippen molar-refractivity contribution < 1.29 is 19.1 Å². The number of ether oxygens (including phenoxy) is 1. The van der Waals surface area contributed by atoms with E-state index in [9.17, 15) is 14.4 Å². The highest BCUT2D eigenvalue weighted by Crippen LogP contribution is 2.26. The van der Waals surface area contributed by atoms with Gasteiger partial charge in [0.05, 0.1) is 5.92 Å². The van der Waals surface area contributed by atoms with Crippen molar-refractivity contribution in [1.82, 2.24) is 0 Å². The van der Waals surface area contributed by atoms with Gasteiger partial charge in [0, 0.05) is 29.4 Å².